The van der Waals surface area contributed by atoms with Gasteiger partial charge in [0.2, 0.25) is 0 Å². The number of para-hydroxylation sites is 1. The van der Waals surface area contributed by atoms with Gasteiger partial charge in [0.05, 0.1) is 23.0 Å². The molecule has 5 nitrogen and oxygen atoms in total. The van der Waals surface area contributed by atoms with E-state index in [9.17, 15) is 13.2 Å². The average molecular weight is 281 g/mol. The molecule has 0 atom stereocenters. The first-order valence-electron chi connectivity index (χ1n) is 5.47. The monoisotopic (exact) mass is 281 g/mol. The summed E-state index contributed by atoms with van der Waals surface area (Å²) >= 11 is 0. The number of aromatic nitrogens is 2. The van der Waals surface area contributed by atoms with Crippen LogP contribution in [0.2, 0.25) is 0 Å². The van der Waals surface area contributed by atoms with E-state index < -0.39 is 11.7 Å². The maximum atomic E-state index is 12.9. The molecule has 2 aromatic rings. The van der Waals surface area contributed by atoms with Crippen LogP contribution < -0.4 is 11.3 Å². The Morgan fingerprint density at radius 1 is 1.35 bits per heavy atom. The maximum Gasteiger partial charge on any atom is 0.418 e. The highest BCUT2D eigenvalue weighted by Crippen LogP contribution is 2.33. The van der Waals surface area contributed by atoms with Crippen LogP contribution in [0, 0.1) is 5.41 Å². The molecular weight excluding hydrogens is 271 g/mol. The van der Waals surface area contributed by atoms with Crippen LogP contribution in [0.5, 0.6) is 0 Å². The van der Waals surface area contributed by atoms with Gasteiger partial charge in [-0.2, -0.15) is 13.2 Å². The Hall–Kier alpha value is -2.48. The summed E-state index contributed by atoms with van der Waals surface area (Å²) < 4.78 is 38.8. The van der Waals surface area contributed by atoms with Crippen molar-refractivity contribution in [2.24, 2.45) is 5.84 Å². The van der Waals surface area contributed by atoms with Gasteiger partial charge in [0.15, 0.2) is 0 Å². The molecule has 0 saturated heterocycles. The number of halogens is 3. The minimum absolute atomic E-state index is 0.127. The van der Waals surface area contributed by atoms with Crippen molar-refractivity contribution >= 4 is 22.8 Å². The predicted octanol–water partition coefficient (Wildman–Crippen LogP) is 2.10. The Morgan fingerprint density at radius 2 is 2.10 bits per heavy atom. The fraction of sp³-hybridized carbons (Fsp3) is 0.0833. The number of nitrogens with zero attached hydrogens (tertiary/aromatic N) is 2. The highest BCUT2D eigenvalue weighted by Gasteiger charge is 2.33. The number of nitrogens with one attached hydrogen (secondary N) is 2. The van der Waals surface area contributed by atoms with Gasteiger partial charge in [0.25, 0.3) is 0 Å². The Labute approximate surface area is 111 Å². The number of hydrogen-bond donors (Lipinski definition) is 3. The van der Waals surface area contributed by atoms with E-state index in [1.807, 2.05) is 0 Å². The number of benzene rings is 1. The lowest BCUT2D eigenvalue weighted by Crippen LogP contribution is -2.15. The molecule has 0 spiro atoms. The molecule has 4 N–H and O–H groups in total. The quantitative estimate of drug-likeness (QED) is 0.457. The summed E-state index contributed by atoms with van der Waals surface area (Å²) in [6, 6.07) is 3.65. The second kappa shape index (κ2) is 5.25. The molecule has 0 bridgehead atoms. The fourth-order valence-electron chi connectivity index (χ4n) is 1.68. The van der Waals surface area contributed by atoms with E-state index in [1.54, 1.807) is 0 Å². The summed E-state index contributed by atoms with van der Waals surface area (Å²) in [5.74, 6) is 5.10. The van der Waals surface area contributed by atoms with Gasteiger partial charge in [-0.25, -0.2) is 4.98 Å². The van der Waals surface area contributed by atoms with Crippen LogP contribution in [-0.4, -0.2) is 16.2 Å². The number of hydrogen-bond acceptors (Lipinski definition) is 5. The molecule has 0 radical (unpaired) electrons. The van der Waals surface area contributed by atoms with Crippen molar-refractivity contribution in [3.63, 3.8) is 0 Å². The minimum atomic E-state index is -4.52. The molecule has 0 unspecified atom stereocenters. The Kier molecular flexibility index (Phi) is 3.66. The molecule has 0 aliphatic rings. The third kappa shape index (κ3) is 2.59. The van der Waals surface area contributed by atoms with Crippen molar-refractivity contribution in [3.05, 3.63) is 41.9 Å². The van der Waals surface area contributed by atoms with Gasteiger partial charge in [-0.3, -0.25) is 10.8 Å². The van der Waals surface area contributed by atoms with E-state index in [2.05, 4.69) is 15.4 Å². The standard InChI is InChI=1S/C12H10F3N5/c13-12(14,15)8-2-1-3-9-11(8)20-10(6-18-9)7(4-16)5-19-17/h1-6,16,19H,17H2/b7-5+,16-4?. The maximum absolute atomic E-state index is 12.9. The summed E-state index contributed by atoms with van der Waals surface area (Å²) in [5, 5.41) is 7.21. The Balaban J connectivity index is 2.69. The molecule has 20 heavy (non-hydrogen) atoms. The van der Waals surface area contributed by atoms with Crippen LogP contribution in [-0.2, 0) is 6.18 Å². The zero-order valence-electron chi connectivity index (χ0n) is 10.1. The van der Waals surface area contributed by atoms with E-state index in [1.165, 1.54) is 24.5 Å². The lowest BCUT2D eigenvalue weighted by molar-refractivity contribution is -0.136. The van der Waals surface area contributed by atoms with Crippen LogP contribution in [0.3, 0.4) is 0 Å². The van der Waals surface area contributed by atoms with E-state index in [4.69, 9.17) is 11.3 Å². The first-order chi connectivity index (χ1) is 9.47. The second-order valence-electron chi connectivity index (χ2n) is 3.84. The molecule has 104 valence electrons. The normalized spacial score (nSPS) is 12.5. The molecular formula is C12H10F3N5. The number of rotatable bonds is 3. The lowest BCUT2D eigenvalue weighted by atomic mass is 10.1. The summed E-state index contributed by atoms with van der Waals surface area (Å²) in [6.07, 6.45) is -1.06. The minimum Gasteiger partial charge on any atom is -0.331 e. The summed E-state index contributed by atoms with van der Waals surface area (Å²) in [4.78, 5) is 7.86. The van der Waals surface area contributed by atoms with Gasteiger partial charge < -0.3 is 10.8 Å². The van der Waals surface area contributed by atoms with Gasteiger partial charge in [0.1, 0.15) is 5.52 Å². The largest absolute Gasteiger partial charge is 0.418 e. The van der Waals surface area contributed by atoms with Crippen LogP contribution in [0.25, 0.3) is 16.6 Å². The molecule has 1 aromatic heterocycles. The topological polar surface area (TPSA) is 87.7 Å². The first kappa shape index (κ1) is 13.9. The van der Waals surface area contributed by atoms with Gasteiger partial charge in [0, 0.05) is 18.0 Å². The van der Waals surface area contributed by atoms with E-state index in [0.717, 1.165) is 12.3 Å². The lowest BCUT2D eigenvalue weighted by Gasteiger charge is -2.10. The van der Waals surface area contributed by atoms with Crippen molar-refractivity contribution in [2.75, 3.05) is 0 Å². The zero-order chi connectivity index (χ0) is 14.8. The van der Waals surface area contributed by atoms with Crippen molar-refractivity contribution in [1.29, 1.82) is 5.41 Å². The molecule has 1 heterocycles. The summed E-state index contributed by atoms with van der Waals surface area (Å²) in [7, 11) is 0. The first-order valence-corrected chi connectivity index (χ1v) is 5.47. The molecule has 0 aliphatic heterocycles. The number of alkyl halides is 3. The molecule has 2 rings (SSSR count). The zero-order valence-corrected chi connectivity index (χ0v) is 10.1. The second-order valence-corrected chi connectivity index (χ2v) is 3.84. The van der Waals surface area contributed by atoms with Crippen LogP contribution >= 0.6 is 0 Å². The third-order valence-corrected chi connectivity index (χ3v) is 2.57. The SMILES string of the molecule is N=C/C(=C\NN)c1cnc2cccc(C(F)(F)F)c2n1. The van der Waals surface area contributed by atoms with E-state index >= 15 is 0 Å². The van der Waals surface area contributed by atoms with Crippen molar-refractivity contribution in [2.45, 2.75) is 6.18 Å². The van der Waals surface area contributed by atoms with E-state index in [0.29, 0.717) is 0 Å². The highest BCUT2D eigenvalue weighted by atomic mass is 19.4. The average Bonchev–Trinajstić information content (AvgIpc) is 2.42. The predicted molar refractivity (Wildman–Crippen MR) is 68.6 cm³/mol. The Bertz CT molecular complexity index is 678. The summed E-state index contributed by atoms with van der Waals surface area (Å²) in [6.45, 7) is 0. The van der Waals surface area contributed by atoms with Crippen LogP contribution in [0.4, 0.5) is 13.2 Å². The molecule has 0 aliphatic carbocycles. The van der Waals surface area contributed by atoms with Crippen molar-refractivity contribution < 1.29 is 13.2 Å². The number of hydrazine groups is 1. The summed E-state index contributed by atoms with van der Waals surface area (Å²) in [5.41, 5.74) is 1.56. The van der Waals surface area contributed by atoms with Gasteiger partial charge >= 0.3 is 6.18 Å². The third-order valence-electron chi connectivity index (χ3n) is 2.57. The smallest absolute Gasteiger partial charge is 0.331 e. The van der Waals surface area contributed by atoms with Gasteiger partial charge in [-0.1, -0.05) is 6.07 Å². The number of nitrogens with two attached hydrogens (primary N) is 1. The van der Waals surface area contributed by atoms with Crippen molar-refractivity contribution in [3.8, 4) is 0 Å². The van der Waals surface area contributed by atoms with Crippen LogP contribution in [0.1, 0.15) is 11.3 Å². The number of allylic oxidation sites excluding steroid dienone is 1. The highest BCUT2D eigenvalue weighted by molar-refractivity contribution is 6.07. The van der Waals surface area contributed by atoms with Crippen LogP contribution in [0.15, 0.2) is 30.6 Å². The molecule has 0 amide bonds. The van der Waals surface area contributed by atoms with Gasteiger partial charge in [-0.15, -0.1) is 0 Å². The Morgan fingerprint density at radius 3 is 2.70 bits per heavy atom. The molecule has 1 aromatic carbocycles. The molecule has 0 fully saturated rings. The molecule has 0 saturated carbocycles. The fourth-order valence-corrected chi connectivity index (χ4v) is 1.68. The molecule has 8 heteroatoms. The van der Waals surface area contributed by atoms with E-state index in [-0.39, 0.29) is 22.3 Å². The number of fused-ring (bicyclic) bond motifs is 1. The van der Waals surface area contributed by atoms with Crippen molar-refractivity contribution in [1.82, 2.24) is 15.4 Å². The van der Waals surface area contributed by atoms with Gasteiger partial charge in [-0.05, 0) is 12.1 Å².